The van der Waals surface area contributed by atoms with Crippen LogP contribution in [0.4, 0.5) is 11.4 Å². The van der Waals surface area contributed by atoms with Gasteiger partial charge in [-0.05, 0) is 130 Å². The van der Waals surface area contributed by atoms with Gasteiger partial charge >= 0.3 is 0 Å². The zero-order valence-corrected chi connectivity index (χ0v) is 34.4. The second-order valence-corrected chi connectivity index (χ2v) is 15.0. The first-order chi connectivity index (χ1) is 31.0. The van der Waals surface area contributed by atoms with Crippen LogP contribution >= 0.6 is 0 Å². The molecule has 0 spiro atoms. The Balaban J connectivity index is 0.887. The van der Waals surface area contributed by atoms with Crippen molar-refractivity contribution in [1.82, 2.24) is 0 Å². The molecular formula is C55H44N2O6. The van der Waals surface area contributed by atoms with Gasteiger partial charge in [-0.3, -0.25) is 9.59 Å². The Morgan fingerprint density at radius 2 is 0.667 bits per heavy atom. The molecule has 8 nitrogen and oxygen atoms in total. The number of rotatable bonds is 16. The Labute approximate surface area is 366 Å². The highest BCUT2D eigenvalue weighted by molar-refractivity contribution is 6.05. The van der Waals surface area contributed by atoms with E-state index < -0.39 is 5.41 Å². The average Bonchev–Trinajstić information content (AvgIpc) is 3.64. The van der Waals surface area contributed by atoms with Crippen molar-refractivity contribution in [3.05, 3.63) is 240 Å². The summed E-state index contributed by atoms with van der Waals surface area (Å²) < 4.78 is 23.1. The van der Waals surface area contributed by atoms with Crippen molar-refractivity contribution in [2.45, 2.75) is 5.41 Å². The summed E-state index contributed by atoms with van der Waals surface area (Å²) in [5.41, 5.74) is 8.43. The van der Waals surface area contributed by atoms with E-state index in [2.05, 4.69) is 83.4 Å². The van der Waals surface area contributed by atoms with Crippen LogP contribution in [0.15, 0.2) is 206 Å². The molecule has 0 saturated heterocycles. The van der Waals surface area contributed by atoms with Gasteiger partial charge in [-0.15, -0.1) is 0 Å². The van der Waals surface area contributed by atoms with E-state index in [4.69, 9.17) is 18.9 Å². The van der Waals surface area contributed by atoms with Crippen molar-refractivity contribution in [2.24, 2.45) is 0 Å². The van der Waals surface area contributed by atoms with Crippen LogP contribution in [0.3, 0.4) is 0 Å². The zero-order chi connectivity index (χ0) is 42.9. The molecule has 2 amide bonds. The minimum atomic E-state index is -0.664. The number of hydrogen-bond acceptors (Lipinski definition) is 6. The Morgan fingerprint density at radius 1 is 0.349 bits per heavy atom. The predicted octanol–water partition coefficient (Wildman–Crippen LogP) is 11.5. The van der Waals surface area contributed by atoms with Gasteiger partial charge in [0.2, 0.25) is 0 Å². The summed E-state index contributed by atoms with van der Waals surface area (Å²) in [4.78, 5) is 26.8. The molecule has 2 N–H and O–H groups in total. The maximum atomic E-state index is 13.4. The van der Waals surface area contributed by atoms with Crippen molar-refractivity contribution in [2.75, 3.05) is 37.1 Å². The second-order valence-electron chi connectivity index (χ2n) is 15.0. The summed E-state index contributed by atoms with van der Waals surface area (Å²) in [6, 6.07) is 66.5. The molecular weight excluding hydrogens is 785 g/mol. The number of hydrogen-bond donors (Lipinski definition) is 2. The summed E-state index contributed by atoms with van der Waals surface area (Å²) in [6.07, 6.45) is 0. The Hall–Kier alpha value is -8.10. The van der Waals surface area contributed by atoms with E-state index in [0.29, 0.717) is 60.4 Å². The second kappa shape index (κ2) is 18.7. The van der Waals surface area contributed by atoms with Gasteiger partial charge in [-0.2, -0.15) is 0 Å². The number of ether oxygens (including phenoxy) is 4. The lowest BCUT2D eigenvalue weighted by Crippen LogP contribution is -2.28. The number of para-hydroxylation sites is 2. The van der Waals surface area contributed by atoms with E-state index in [0.717, 1.165) is 44.9 Å². The third-order valence-corrected chi connectivity index (χ3v) is 11.1. The summed E-state index contributed by atoms with van der Waals surface area (Å²) in [6.45, 7) is 1.57. The molecule has 9 rings (SSSR count). The maximum Gasteiger partial charge on any atom is 0.255 e. The molecule has 0 heterocycles. The van der Waals surface area contributed by atoms with Crippen LogP contribution in [0.25, 0.3) is 11.1 Å². The van der Waals surface area contributed by atoms with Crippen LogP contribution in [0.2, 0.25) is 0 Å². The molecule has 1 aliphatic carbocycles. The molecule has 8 aromatic carbocycles. The fraction of sp³-hybridized carbons (Fsp3) is 0.0909. The first-order valence-electron chi connectivity index (χ1n) is 20.9. The number of nitrogens with one attached hydrogen (secondary N) is 2. The molecule has 1 aliphatic rings. The van der Waals surface area contributed by atoms with Crippen LogP contribution < -0.4 is 29.6 Å². The lowest BCUT2D eigenvalue weighted by Gasteiger charge is -2.34. The van der Waals surface area contributed by atoms with E-state index in [9.17, 15) is 9.59 Å². The summed E-state index contributed by atoms with van der Waals surface area (Å²) in [5, 5.41) is 6.13. The van der Waals surface area contributed by atoms with Gasteiger partial charge in [0.1, 0.15) is 49.4 Å². The van der Waals surface area contributed by atoms with Crippen LogP contribution in [0.1, 0.15) is 43.0 Å². The van der Waals surface area contributed by atoms with Crippen molar-refractivity contribution in [3.63, 3.8) is 0 Å². The first kappa shape index (κ1) is 40.3. The SMILES string of the molecule is O=C(Nc1ccc(C2(c3ccc(NC(=O)c4ccc(OCCOc5ccccc5)cc4)cc3)c3ccccc3-c3ccccc32)cc1)c1ccc(OCCOc2ccccc2)cc1. The van der Waals surface area contributed by atoms with Gasteiger partial charge in [0, 0.05) is 22.5 Å². The quantitative estimate of drug-likeness (QED) is 0.0942. The molecule has 0 saturated carbocycles. The molecule has 8 heteroatoms. The smallest absolute Gasteiger partial charge is 0.255 e. The van der Waals surface area contributed by atoms with E-state index >= 15 is 0 Å². The van der Waals surface area contributed by atoms with Gasteiger partial charge in [-0.25, -0.2) is 0 Å². The van der Waals surface area contributed by atoms with E-state index in [1.54, 1.807) is 48.5 Å². The van der Waals surface area contributed by atoms with Gasteiger partial charge < -0.3 is 29.6 Å². The van der Waals surface area contributed by atoms with Gasteiger partial charge in [0.05, 0.1) is 5.41 Å². The van der Waals surface area contributed by atoms with E-state index in [1.807, 2.05) is 84.9 Å². The molecule has 0 fully saturated rings. The minimum absolute atomic E-state index is 0.223. The van der Waals surface area contributed by atoms with Gasteiger partial charge in [-0.1, -0.05) is 109 Å². The molecule has 0 aromatic heterocycles. The van der Waals surface area contributed by atoms with Crippen LogP contribution in [0, 0.1) is 0 Å². The monoisotopic (exact) mass is 828 g/mol. The van der Waals surface area contributed by atoms with Crippen LogP contribution in [0.5, 0.6) is 23.0 Å². The van der Waals surface area contributed by atoms with E-state index in [-0.39, 0.29) is 11.8 Å². The number of carbonyl (C=O) groups excluding carboxylic acids is 2. The third-order valence-electron chi connectivity index (χ3n) is 11.1. The summed E-state index contributed by atoms with van der Waals surface area (Å²) in [7, 11) is 0. The number of amides is 2. The van der Waals surface area contributed by atoms with Gasteiger partial charge in [0.15, 0.2) is 0 Å². The molecule has 0 unspecified atom stereocenters. The molecule has 310 valence electrons. The highest BCUT2D eigenvalue weighted by atomic mass is 16.5. The lowest BCUT2D eigenvalue weighted by atomic mass is 9.67. The van der Waals surface area contributed by atoms with Crippen LogP contribution in [-0.4, -0.2) is 38.2 Å². The number of benzene rings is 8. The average molecular weight is 829 g/mol. The Bertz CT molecular complexity index is 2600. The first-order valence-corrected chi connectivity index (χ1v) is 20.9. The molecule has 0 radical (unpaired) electrons. The topological polar surface area (TPSA) is 95.1 Å². The highest BCUT2D eigenvalue weighted by Gasteiger charge is 2.45. The molecule has 63 heavy (non-hydrogen) atoms. The largest absolute Gasteiger partial charge is 0.490 e. The number of anilines is 2. The zero-order valence-electron chi connectivity index (χ0n) is 34.4. The fourth-order valence-electron chi connectivity index (χ4n) is 8.11. The summed E-state index contributed by atoms with van der Waals surface area (Å²) >= 11 is 0. The molecule has 8 aromatic rings. The van der Waals surface area contributed by atoms with Crippen molar-refractivity contribution in [3.8, 4) is 34.1 Å². The Kier molecular flexibility index (Phi) is 11.9. The lowest BCUT2D eigenvalue weighted by molar-refractivity contribution is 0.101. The summed E-state index contributed by atoms with van der Waals surface area (Å²) in [5.74, 6) is 2.45. The highest BCUT2D eigenvalue weighted by Crippen LogP contribution is 2.56. The Morgan fingerprint density at radius 3 is 1.03 bits per heavy atom. The number of carbonyl (C=O) groups is 2. The molecule has 0 aliphatic heterocycles. The normalized spacial score (nSPS) is 12.0. The fourth-order valence-corrected chi connectivity index (χ4v) is 8.11. The van der Waals surface area contributed by atoms with Crippen LogP contribution in [-0.2, 0) is 5.41 Å². The minimum Gasteiger partial charge on any atom is -0.490 e. The van der Waals surface area contributed by atoms with Crippen molar-refractivity contribution < 1.29 is 28.5 Å². The standard InChI is InChI=1S/C55H44N2O6/c58-53(39-19-31-47(32-20-39)62-37-35-60-45-11-3-1-4-12-45)56-43-27-23-41(24-28-43)55(51-17-9-7-15-49(51)50-16-8-10-18-52(50)55)42-25-29-44(30-26-42)57-54(59)40-21-33-48(34-22-40)63-38-36-61-46-13-5-2-6-14-46/h1-34H,35-38H2,(H,56,58)(H,57,59). The maximum absolute atomic E-state index is 13.4. The van der Waals surface area contributed by atoms with Crippen molar-refractivity contribution in [1.29, 1.82) is 0 Å². The van der Waals surface area contributed by atoms with E-state index in [1.165, 1.54) is 0 Å². The van der Waals surface area contributed by atoms with Crippen molar-refractivity contribution >= 4 is 23.2 Å². The molecule has 0 bridgehead atoms. The van der Waals surface area contributed by atoms with Gasteiger partial charge in [0.25, 0.3) is 11.8 Å². The number of fused-ring (bicyclic) bond motifs is 3. The predicted molar refractivity (Wildman–Crippen MR) is 247 cm³/mol. The third kappa shape index (κ3) is 8.88. The molecule has 0 atom stereocenters.